The van der Waals surface area contributed by atoms with Gasteiger partial charge in [0.1, 0.15) is 0 Å². The SMILES string of the molecule is CCC1CCC(C#N)(C(O)c2cccc(Br)c2)CC1. The molecule has 1 atom stereocenters. The van der Waals surface area contributed by atoms with Crippen molar-refractivity contribution in [2.75, 3.05) is 0 Å². The van der Waals surface area contributed by atoms with Gasteiger partial charge in [-0.25, -0.2) is 0 Å². The molecule has 1 aromatic carbocycles. The summed E-state index contributed by atoms with van der Waals surface area (Å²) in [6.45, 7) is 2.20. The van der Waals surface area contributed by atoms with Crippen LogP contribution in [0.1, 0.15) is 50.7 Å². The fourth-order valence-corrected chi connectivity index (χ4v) is 3.46. The number of nitriles is 1. The summed E-state index contributed by atoms with van der Waals surface area (Å²) in [6.07, 6.45) is 4.19. The van der Waals surface area contributed by atoms with Crippen molar-refractivity contribution < 1.29 is 5.11 Å². The first kappa shape index (κ1) is 14.6. The molecule has 1 saturated carbocycles. The van der Waals surface area contributed by atoms with Crippen molar-refractivity contribution in [2.24, 2.45) is 11.3 Å². The Morgan fingerprint density at radius 1 is 1.47 bits per heavy atom. The van der Waals surface area contributed by atoms with Crippen LogP contribution in [0.2, 0.25) is 0 Å². The second-order valence-corrected chi connectivity index (χ2v) is 6.49. The topological polar surface area (TPSA) is 44.0 Å². The molecule has 0 aliphatic heterocycles. The lowest BCUT2D eigenvalue weighted by molar-refractivity contribution is 0.0242. The van der Waals surface area contributed by atoms with Gasteiger partial charge < -0.3 is 5.11 Å². The van der Waals surface area contributed by atoms with Crippen LogP contribution in [0.4, 0.5) is 0 Å². The molecule has 0 aromatic heterocycles. The van der Waals surface area contributed by atoms with Crippen LogP contribution >= 0.6 is 15.9 Å². The van der Waals surface area contributed by atoms with Crippen LogP contribution in [0.15, 0.2) is 28.7 Å². The Morgan fingerprint density at radius 2 is 2.16 bits per heavy atom. The first-order valence-corrected chi connectivity index (χ1v) is 7.75. The molecule has 1 fully saturated rings. The zero-order valence-electron chi connectivity index (χ0n) is 11.3. The summed E-state index contributed by atoms with van der Waals surface area (Å²) in [7, 11) is 0. The maximum atomic E-state index is 10.6. The van der Waals surface area contributed by atoms with Gasteiger partial charge in [0.2, 0.25) is 0 Å². The number of aliphatic hydroxyl groups is 1. The quantitative estimate of drug-likeness (QED) is 0.884. The van der Waals surface area contributed by atoms with Gasteiger partial charge in [-0.2, -0.15) is 5.26 Å². The maximum absolute atomic E-state index is 10.6. The monoisotopic (exact) mass is 321 g/mol. The molecule has 102 valence electrons. The van der Waals surface area contributed by atoms with E-state index in [9.17, 15) is 10.4 Å². The Kier molecular flexibility index (Phi) is 4.65. The van der Waals surface area contributed by atoms with Gasteiger partial charge >= 0.3 is 0 Å². The third kappa shape index (κ3) is 3.01. The Hall–Kier alpha value is -0.850. The van der Waals surface area contributed by atoms with Crippen molar-refractivity contribution in [2.45, 2.75) is 45.1 Å². The van der Waals surface area contributed by atoms with Crippen LogP contribution in [0.25, 0.3) is 0 Å². The van der Waals surface area contributed by atoms with E-state index >= 15 is 0 Å². The number of hydrogen-bond acceptors (Lipinski definition) is 2. The van der Waals surface area contributed by atoms with Gasteiger partial charge in [0.25, 0.3) is 0 Å². The summed E-state index contributed by atoms with van der Waals surface area (Å²) < 4.78 is 0.944. The molecular weight excluding hydrogens is 302 g/mol. The van der Waals surface area contributed by atoms with E-state index in [1.165, 1.54) is 6.42 Å². The molecule has 0 heterocycles. The normalized spacial score (nSPS) is 28.6. The molecule has 3 heteroatoms. The Bertz CT molecular complexity index is 472. The average Bonchev–Trinajstić information content (AvgIpc) is 2.46. The van der Waals surface area contributed by atoms with Crippen molar-refractivity contribution in [1.29, 1.82) is 5.26 Å². The van der Waals surface area contributed by atoms with Gasteiger partial charge in [-0.1, -0.05) is 41.4 Å². The predicted molar refractivity (Wildman–Crippen MR) is 79.4 cm³/mol. The van der Waals surface area contributed by atoms with E-state index in [0.29, 0.717) is 0 Å². The van der Waals surface area contributed by atoms with Gasteiger partial charge in [0.05, 0.1) is 17.6 Å². The first-order chi connectivity index (χ1) is 9.11. The van der Waals surface area contributed by atoms with E-state index in [-0.39, 0.29) is 0 Å². The van der Waals surface area contributed by atoms with Crippen LogP contribution in [-0.4, -0.2) is 5.11 Å². The molecule has 1 unspecified atom stereocenters. The highest BCUT2D eigenvalue weighted by Crippen LogP contribution is 2.47. The average molecular weight is 322 g/mol. The van der Waals surface area contributed by atoms with E-state index in [2.05, 4.69) is 28.9 Å². The molecule has 0 radical (unpaired) electrons. The highest BCUT2D eigenvalue weighted by molar-refractivity contribution is 9.10. The Labute approximate surface area is 123 Å². The molecule has 1 N–H and O–H groups in total. The zero-order valence-corrected chi connectivity index (χ0v) is 12.9. The van der Waals surface area contributed by atoms with E-state index in [4.69, 9.17) is 0 Å². The fourth-order valence-electron chi connectivity index (χ4n) is 3.04. The molecule has 1 aliphatic carbocycles. The molecule has 0 bridgehead atoms. The first-order valence-electron chi connectivity index (χ1n) is 6.96. The third-order valence-corrected chi connectivity index (χ3v) is 4.98. The Balaban J connectivity index is 2.21. The van der Waals surface area contributed by atoms with Crippen LogP contribution in [-0.2, 0) is 0 Å². The van der Waals surface area contributed by atoms with E-state index < -0.39 is 11.5 Å². The van der Waals surface area contributed by atoms with Crippen molar-refractivity contribution in [1.82, 2.24) is 0 Å². The third-order valence-electron chi connectivity index (χ3n) is 4.49. The zero-order chi connectivity index (χ0) is 13.9. The molecule has 1 aromatic rings. The van der Waals surface area contributed by atoms with E-state index in [1.54, 1.807) is 0 Å². The standard InChI is InChI=1S/C16H20BrNO/c1-2-12-6-8-16(11-18,9-7-12)15(19)13-4-3-5-14(17)10-13/h3-5,10,12,15,19H,2,6-9H2,1H3. The van der Waals surface area contributed by atoms with E-state index in [0.717, 1.165) is 41.6 Å². The number of rotatable bonds is 3. The van der Waals surface area contributed by atoms with Gasteiger partial charge in [0, 0.05) is 4.47 Å². The molecule has 19 heavy (non-hydrogen) atoms. The molecule has 2 nitrogen and oxygen atoms in total. The maximum Gasteiger partial charge on any atom is 0.0976 e. The summed E-state index contributed by atoms with van der Waals surface area (Å²) in [5.74, 6) is 0.719. The summed E-state index contributed by atoms with van der Waals surface area (Å²) in [5, 5.41) is 20.2. The molecule has 0 saturated heterocycles. The lowest BCUT2D eigenvalue weighted by atomic mass is 9.66. The summed E-state index contributed by atoms with van der Waals surface area (Å²) in [5.41, 5.74) is 0.234. The number of benzene rings is 1. The smallest absolute Gasteiger partial charge is 0.0976 e. The molecule has 2 rings (SSSR count). The largest absolute Gasteiger partial charge is 0.387 e. The van der Waals surface area contributed by atoms with Crippen LogP contribution in [0, 0.1) is 22.7 Å². The molecule has 1 aliphatic rings. The van der Waals surface area contributed by atoms with Gasteiger partial charge in [-0.05, 0) is 49.3 Å². The summed E-state index contributed by atoms with van der Waals surface area (Å²) >= 11 is 3.42. The predicted octanol–water partition coefficient (Wildman–Crippen LogP) is 4.59. The number of hydrogen-bond donors (Lipinski definition) is 1. The second-order valence-electron chi connectivity index (χ2n) is 5.58. The lowest BCUT2D eigenvalue weighted by Gasteiger charge is -2.38. The molecule has 0 spiro atoms. The lowest BCUT2D eigenvalue weighted by Crippen LogP contribution is -2.32. The van der Waals surface area contributed by atoms with Crippen molar-refractivity contribution in [3.8, 4) is 6.07 Å². The summed E-state index contributed by atoms with van der Waals surface area (Å²) in [4.78, 5) is 0. The van der Waals surface area contributed by atoms with Gasteiger partial charge in [-0.3, -0.25) is 0 Å². The minimum atomic E-state index is -0.687. The van der Waals surface area contributed by atoms with E-state index in [1.807, 2.05) is 24.3 Å². The minimum Gasteiger partial charge on any atom is -0.387 e. The van der Waals surface area contributed by atoms with Crippen LogP contribution in [0.5, 0.6) is 0 Å². The summed E-state index contributed by atoms with van der Waals surface area (Å²) in [6, 6.07) is 10.1. The molecular formula is C16H20BrNO. The molecule has 0 amide bonds. The highest BCUT2D eigenvalue weighted by atomic mass is 79.9. The van der Waals surface area contributed by atoms with Gasteiger partial charge in [-0.15, -0.1) is 0 Å². The second kappa shape index (κ2) is 6.07. The van der Waals surface area contributed by atoms with Crippen molar-refractivity contribution in [3.63, 3.8) is 0 Å². The van der Waals surface area contributed by atoms with Crippen molar-refractivity contribution in [3.05, 3.63) is 34.3 Å². The van der Waals surface area contributed by atoms with Crippen molar-refractivity contribution >= 4 is 15.9 Å². The fraction of sp³-hybridized carbons (Fsp3) is 0.562. The number of aliphatic hydroxyl groups excluding tert-OH is 1. The number of nitrogens with zero attached hydrogens (tertiary/aromatic N) is 1. The van der Waals surface area contributed by atoms with Crippen LogP contribution < -0.4 is 0 Å². The van der Waals surface area contributed by atoms with Gasteiger partial charge in [0.15, 0.2) is 0 Å². The van der Waals surface area contributed by atoms with Crippen LogP contribution in [0.3, 0.4) is 0 Å². The number of halogens is 1. The Morgan fingerprint density at radius 3 is 2.68 bits per heavy atom. The minimum absolute atomic E-state index is 0.605. The highest BCUT2D eigenvalue weighted by Gasteiger charge is 2.42.